The normalized spacial score (nSPS) is 12.5. The van der Waals surface area contributed by atoms with E-state index in [4.69, 9.17) is 4.74 Å². The van der Waals surface area contributed by atoms with Gasteiger partial charge in [-0.2, -0.15) is 0 Å². The molecule has 128 valence electrons. The van der Waals surface area contributed by atoms with Crippen molar-refractivity contribution in [2.75, 3.05) is 20.8 Å². The van der Waals surface area contributed by atoms with Crippen molar-refractivity contribution < 1.29 is 19.1 Å². The van der Waals surface area contributed by atoms with E-state index in [1.807, 2.05) is 42.5 Å². The van der Waals surface area contributed by atoms with Gasteiger partial charge in [0, 0.05) is 19.2 Å². The molecule has 0 radical (unpaired) electrons. The number of nitrogens with zero attached hydrogens (tertiary/aromatic N) is 1. The number of hydrogen-bond donors (Lipinski definition) is 0. The van der Waals surface area contributed by atoms with Crippen molar-refractivity contribution in [3.63, 3.8) is 0 Å². The maximum absolute atomic E-state index is 12.6. The summed E-state index contributed by atoms with van der Waals surface area (Å²) in [5.74, 6) is 0.339. The number of carbonyl (C=O) groups is 2. The molecule has 0 saturated heterocycles. The molecule has 2 aromatic rings. The van der Waals surface area contributed by atoms with Gasteiger partial charge in [0.2, 0.25) is 0 Å². The average molecular weight is 337 g/mol. The van der Waals surface area contributed by atoms with Gasteiger partial charge in [-0.3, -0.25) is 4.79 Å². The minimum absolute atomic E-state index is 0.0773. The SMILES string of the molecule is COC(=O)c1ccc(CN(C)C(=O)C2=Cc3ccccc3OC2)cc1. The van der Waals surface area contributed by atoms with Crippen LogP contribution in [0.3, 0.4) is 0 Å². The number of esters is 1. The van der Waals surface area contributed by atoms with E-state index in [1.54, 1.807) is 24.1 Å². The molecule has 0 saturated carbocycles. The number of rotatable bonds is 4. The van der Waals surface area contributed by atoms with Crippen LogP contribution in [0.1, 0.15) is 21.5 Å². The van der Waals surface area contributed by atoms with Gasteiger partial charge in [0.15, 0.2) is 0 Å². The molecule has 0 spiro atoms. The van der Waals surface area contributed by atoms with E-state index < -0.39 is 0 Å². The first-order valence-corrected chi connectivity index (χ1v) is 7.93. The number of para-hydroxylation sites is 1. The summed E-state index contributed by atoms with van der Waals surface area (Å²) in [5, 5.41) is 0. The van der Waals surface area contributed by atoms with E-state index in [9.17, 15) is 9.59 Å². The molecule has 1 amide bonds. The van der Waals surface area contributed by atoms with Crippen LogP contribution in [0.4, 0.5) is 0 Å². The van der Waals surface area contributed by atoms with Gasteiger partial charge >= 0.3 is 5.97 Å². The summed E-state index contributed by atoms with van der Waals surface area (Å²) in [6.45, 7) is 0.709. The van der Waals surface area contributed by atoms with Gasteiger partial charge in [-0.1, -0.05) is 30.3 Å². The standard InChI is InChI=1S/C20H19NO4/c1-21(12-14-7-9-15(10-8-14)20(23)24-2)19(22)17-11-16-5-3-4-6-18(16)25-13-17/h3-11H,12-13H2,1-2H3. The molecule has 0 atom stereocenters. The number of methoxy groups -OCH3 is 1. The molecule has 0 N–H and O–H groups in total. The fourth-order valence-corrected chi connectivity index (χ4v) is 2.69. The zero-order valence-corrected chi connectivity index (χ0v) is 14.2. The molecule has 0 unspecified atom stereocenters. The maximum atomic E-state index is 12.6. The van der Waals surface area contributed by atoms with Crippen molar-refractivity contribution in [1.82, 2.24) is 4.90 Å². The lowest BCUT2D eigenvalue weighted by Crippen LogP contribution is -2.30. The highest BCUT2D eigenvalue weighted by Gasteiger charge is 2.20. The number of benzene rings is 2. The summed E-state index contributed by atoms with van der Waals surface area (Å²) in [6, 6.07) is 14.7. The van der Waals surface area contributed by atoms with E-state index in [0.29, 0.717) is 17.7 Å². The Morgan fingerprint density at radius 3 is 2.56 bits per heavy atom. The Kier molecular flexibility index (Phi) is 4.84. The van der Waals surface area contributed by atoms with Crippen LogP contribution in [0.25, 0.3) is 6.08 Å². The highest BCUT2D eigenvalue weighted by atomic mass is 16.5. The van der Waals surface area contributed by atoms with Gasteiger partial charge in [0.25, 0.3) is 5.91 Å². The second kappa shape index (κ2) is 7.21. The van der Waals surface area contributed by atoms with E-state index in [1.165, 1.54) is 7.11 Å². The van der Waals surface area contributed by atoms with Crippen LogP contribution in [0.15, 0.2) is 54.1 Å². The number of fused-ring (bicyclic) bond motifs is 1. The second-order valence-corrected chi connectivity index (χ2v) is 5.85. The van der Waals surface area contributed by atoms with Crippen LogP contribution in [-0.2, 0) is 16.1 Å². The first kappa shape index (κ1) is 16.8. The summed E-state index contributed by atoms with van der Waals surface area (Å²) in [7, 11) is 3.10. The van der Waals surface area contributed by atoms with Crippen LogP contribution < -0.4 is 4.74 Å². The lowest BCUT2D eigenvalue weighted by molar-refractivity contribution is -0.126. The minimum atomic E-state index is -0.376. The van der Waals surface area contributed by atoms with Crippen molar-refractivity contribution in [3.8, 4) is 5.75 Å². The maximum Gasteiger partial charge on any atom is 0.337 e. The Morgan fingerprint density at radius 1 is 1.12 bits per heavy atom. The number of amides is 1. The van der Waals surface area contributed by atoms with E-state index in [0.717, 1.165) is 16.9 Å². The number of hydrogen-bond acceptors (Lipinski definition) is 4. The smallest absolute Gasteiger partial charge is 0.337 e. The van der Waals surface area contributed by atoms with Crippen LogP contribution in [0, 0.1) is 0 Å². The fourth-order valence-electron chi connectivity index (χ4n) is 2.69. The molecule has 0 bridgehead atoms. The van der Waals surface area contributed by atoms with Crippen molar-refractivity contribution in [3.05, 3.63) is 70.8 Å². The highest BCUT2D eigenvalue weighted by molar-refractivity contribution is 5.99. The predicted molar refractivity (Wildman–Crippen MR) is 94.2 cm³/mol. The molecule has 0 fully saturated rings. The quantitative estimate of drug-likeness (QED) is 0.805. The predicted octanol–water partition coefficient (Wildman–Crippen LogP) is 2.91. The molecule has 1 heterocycles. The Labute approximate surface area is 146 Å². The van der Waals surface area contributed by atoms with Crippen molar-refractivity contribution in [2.24, 2.45) is 0 Å². The number of likely N-dealkylation sites (N-methyl/N-ethyl adjacent to an activating group) is 1. The molecule has 5 heteroatoms. The highest BCUT2D eigenvalue weighted by Crippen LogP contribution is 2.26. The third kappa shape index (κ3) is 3.71. The van der Waals surface area contributed by atoms with Crippen LogP contribution in [0.2, 0.25) is 0 Å². The van der Waals surface area contributed by atoms with Crippen molar-refractivity contribution in [1.29, 1.82) is 0 Å². The summed E-state index contributed by atoms with van der Waals surface area (Å²) in [4.78, 5) is 25.7. The average Bonchev–Trinajstić information content (AvgIpc) is 2.67. The fraction of sp³-hybridized carbons (Fsp3) is 0.200. The molecular weight excluding hydrogens is 318 g/mol. The van der Waals surface area contributed by atoms with Crippen molar-refractivity contribution in [2.45, 2.75) is 6.54 Å². The number of carbonyl (C=O) groups excluding carboxylic acids is 2. The molecular formula is C20H19NO4. The lowest BCUT2D eigenvalue weighted by atomic mass is 10.1. The summed E-state index contributed by atoms with van der Waals surface area (Å²) >= 11 is 0. The van der Waals surface area contributed by atoms with Crippen molar-refractivity contribution >= 4 is 18.0 Å². The lowest BCUT2D eigenvalue weighted by Gasteiger charge is -2.22. The zero-order chi connectivity index (χ0) is 17.8. The van der Waals surface area contributed by atoms with Crippen LogP contribution >= 0.6 is 0 Å². The van der Waals surface area contributed by atoms with Gasteiger partial charge in [-0.25, -0.2) is 4.79 Å². The minimum Gasteiger partial charge on any atom is -0.488 e. The van der Waals surface area contributed by atoms with Gasteiger partial charge in [0.05, 0.1) is 18.2 Å². The van der Waals surface area contributed by atoms with Gasteiger partial charge < -0.3 is 14.4 Å². The topological polar surface area (TPSA) is 55.8 Å². The molecule has 25 heavy (non-hydrogen) atoms. The van der Waals surface area contributed by atoms with E-state index in [2.05, 4.69) is 4.74 Å². The summed E-state index contributed by atoms with van der Waals surface area (Å²) in [6.07, 6.45) is 1.87. The Morgan fingerprint density at radius 2 is 1.84 bits per heavy atom. The van der Waals surface area contributed by atoms with Gasteiger partial charge in [0.1, 0.15) is 12.4 Å². The monoisotopic (exact) mass is 337 g/mol. The third-order valence-corrected chi connectivity index (χ3v) is 4.05. The van der Waals surface area contributed by atoms with E-state index in [-0.39, 0.29) is 18.5 Å². The Bertz CT molecular complexity index is 824. The first-order chi connectivity index (χ1) is 12.1. The second-order valence-electron chi connectivity index (χ2n) is 5.85. The summed E-state index contributed by atoms with van der Waals surface area (Å²) in [5.41, 5.74) is 2.95. The van der Waals surface area contributed by atoms with Crippen LogP contribution in [0.5, 0.6) is 5.75 Å². The van der Waals surface area contributed by atoms with E-state index >= 15 is 0 Å². The molecule has 3 rings (SSSR count). The first-order valence-electron chi connectivity index (χ1n) is 7.93. The number of ether oxygens (including phenoxy) is 2. The van der Waals surface area contributed by atoms with Gasteiger partial charge in [-0.05, 0) is 29.8 Å². The molecule has 5 nitrogen and oxygen atoms in total. The summed E-state index contributed by atoms with van der Waals surface area (Å²) < 4.78 is 10.3. The Hall–Kier alpha value is -3.08. The molecule has 1 aliphatic rings. The van der Waals surface area contributed by atoms with Gasteiger partial charge in [-0.15, -0.1) is 0 Å². The molecule has 0 aromatic heterocycles. The van der Waals surface area contributed by atoms with Crippen LogP contribution in [-0.4, -0.2) is 37.5 Å². The molecule has 1 aliphatic heterocycles. The third-order valence-electron chi connectivity index (χ3n) is 4.05. The molecule has 2 aromatic carbocycles. The molecule has 0 aliphatic carbocycles. The largest absolute Gasteiger partial charge is 0.488 e. The zero-order valence-electron chi connectivity index (χ0n) is 14.2. The Balaban J connectivity index is 1.69.